The zero-order valence-electron chi connectivity index (χ0n) is 17.4. The Morgan fingerprint density at radius 1 is 0.844 bits per heavy atom. The second-order valence-corrected chi connectivity index (χ2v) is 8.18. The smallest absolute Gasteiger partial charge is 0.335 e. The molecule has 4 rings (SSSR count). The third-order valence-electron chi connectivity index (χ3n) is 4.91. The molecular weight excluding hydrogens is 418 g/mol. The number of carboxylic acids is 1. The molecule has 1 aromatic heterocycles. The highest BCUT2D eigenvalue weighted by molar-refractivity contribution is 7.98. The number of nitrogens with one attached hydrogen (secondary N) is 1. The zero-order valence-corrected chi connectivity index (χ0v) is 18.3. The van der Waals surface area contributed by atoms with Gasteiger partial charge in [0.1, 0.15) is 5.82 Å². The van der Waals surface area contributed by atoms with Gasteiger partial charge in [-0.15, -0.1) is 0 Å². The van der Waals surface area contributed by atoms with Crippen LogP contribution in [0.4, 0.5) is 5.82 Å². The van der Waals surface area contributed by atoms with Crippen LogP contribution in [0.2, 0.25) is 0 Å². The summed E-state index contributed by atoms with van der Waals surface area (Å²) in [7, 11) is 0. The third kappa shape index (κ3) is 5.95. The van der Waals surface area contributed by atoms with E-state index in [1.54, 1.807) is 12.1 Å². The molecule has 0 fully saturated rings. The van der Waals surface area contributed by atoms with Crippen molar-refractivity contribution in [3.63, 3.8) is 0 Å². The lowest BCUT2D eigenvalue weighted by atomic mass is 10.1. The van der Waals surface area contributed by atoms with Crippen LogP contribution in [0.3, 0.4) is 0 Å². The first-order chi connectivity index (χ1) is 15.7. The van der Waals surface area contributed by atoms with E-state index in [9.17, 15) is 4.79 Å². The summed E-state index contributed by atoms with van der Waals surface area (Å²) in [5.41, 5.74) is 4.48. The maximum Gasteiger partial charge on any atom is 0.335 e. The Balaban J connectivity index is 1.49. The summed E-state index contributed by atoms with van der Waals surface area (Å²) in [6, 6.07) is 29.3. The average Bonchev–Trinajstić information content (AvgIpc) is 2.84. The number of aromatic carboxylic acids is 1. The number of benzene rings is 3. The molecule has 0 aliphatic heterocycles. The maximum atomic E-state index is 11.0. The SMILES string of the molecule is O=C(O)c1ccc(CSc2nc(NCCc3ccccc3)cc(-c3ccccc3)n2)cc1. The topological polar surface area (TPSA) is 75.1 Å². The fourth-order valence-electron chi connectivity index (χ4n) is 3.21. The predicted molar refractivity (Wildman–Crippen MR) is 129 cm³/mol. The van der Waals surface area contributed by atoms with E-state index >= 15 is 0 Å². The summed E-state index contributed by atoms with van der Waals surface area (Å²) in [6.45, 7) is 0.774. The minimum absolute atomic E-state index is 0.283. The molecule has 2 N–H and O–H groups in total. The molecule has 0 saturated carbocycles. The van der Waals surface area contributed by atoms with Crippen molar-refractivity contribution in [3.8, 4) is 11.3 Å². The van der Waals surface area contributed by atoms with Gasteiger partial charge in [0.05, 0.1) is 11.3 Å². The van der Waals surface area contributed by atoms with Crippen LogP contribution in [-0.4, -0.2) is 27.6 Å². The molecular formula is C26H23N3O2S. The van der Waals surface area contributed by atoms with E-state index in [0.29, 0.717) is 10.9 Å². The molecule has 0 unspecified atom stereocenters. The quantitative estimate of drug-likeness (QED) is 0.253. The number of hydrogen-bond donors (Lipinski definition) is 2. The van der Waals surface area contributed by atoms with Gasteiger partial charge in [0.2, 0.25) is 0 Å². The Labute approximate surface area is 191 Å². The minimum atomic E-state index is -0.922. The number of hydrogen-bond acceptors (Lipinski definition) is 5. The number of anilines is 1. The van der Waals surface area contributed by atoms with Gasteiger partial charge >= 0.3 is 5.97 Å². The fraction of sp³-hybridized carbons (Fsp3) is 0.115. The van der Waals surface area contributed by atoms with Crippen LogP contribution in [-0.2, 0) is 12.2 Å². The monoisotopic (exact) mass is 441 g/mol. The van der Waals surface area contributed by atoms with Gasteiger partial charge < -0.3 is 10.4 Å². The molecule has 0 atom stereocenters. The molecule has 6 heteroatoms. The molecule has 160 valence electrons. The molecule has 0 radical (unpaired) electrons. The molecule has 0 bridgehead atoms. The van der Waals surface area contributed by atoms with Crippen LogP contribution in [0, 0.1) is 0 Å². The van der Waals surface area contributed by atoms with E-state index < -0.39 is 5.97 Å². The molecule has 0 aliphatic rings. The lowest BCUT2D eigenvalue weighted by Gasteiger charge is -2.10. The molecule has 32 heavy (non-hydrogen) atoms. The van der Waals surface area contributed by atoms with Gasteiger partial charge in [-0.25, -0.2) is 14.8 Å². The Hall–Kier alpha value is -3.64. The number of aromatic nitrogens is 2. The van der Waals surface area contributed by atoms with Crippen molar-refractivity contribution in [2.75, 3.05) is 11.9 Å². The van der Waals surface area contributed by atoms with E-state index in [0.717, 1.165) is 35.6 Å². The van der Waals surface area contributed by atoms with E-state index in [1.807, 2.05) is 66.7 Å². The normalized spacial score (nSPS) is 10.6. The number of nitrogens with zero attached hydrogens (tertiary/aromatic N) is 2. The van der Waals surface area contributed by atoms with Crippen LogP contribution in [0.15, 0.2) is 96.2 Å². The fourth-order valence-corrected chi connectivity index (χ4v) is 4.02. The first-order valence-corrected chi connectivity index (χ1v) is 11.3. The first-order valence-electron chi connectivity index (χ1n) is 10.3. The van der Waals surface area contributed by atoms with Crippen LogP contribution < -0.4 is 5.32 Å². The summed E-state index contributed by atoms with van der Waals surface area (Å²) >= 11 is 1.53. The van der Waals surface area contributed by atoms with E-state index in [4.69, 9.17) is 15.1 Å². The van der Waals surface area contributed by atoms with Crippen molar-refractivity contribution < 1.29 is 9.90 Å². The highest BCUT2D eigenvalue weighted by Crippen LogP contribution is 2.26. The second-order valence-electron chi connectivity index (χ2n) is 7.24. The van der Waals surface area contributed by atoms with Crippen molar-refractivity contribution in [1.29, 1.82) is 0 Å². The predicted octanol–water partition coefficient (Wildman–Crippen LogP) is 5.79. The molecule has 0 spiro atoms. The third-order valence-corrected chi connectivity index (χ3v) is 5.83. The van der Waals surface area contributed by atoms with E-state index in [-0.39, 0.29) is 5.56 Å². The number of rotatable bonds is 9. The Morgan fingerprint density at radius 2 is 1.53 bits per heavy atom. The van der Waals surface area contributed by atoms with Crippen molar-refractivity contribution in [3.05, 3.63) is 108 Å². The number of thioether (sulfide) groups is 1. The summed E-state index contributed by atoms with van der Waals surface area (Å²) in [5.74, 6) is 0.523. The minimum Gasteiger partial charge on any atom is -0.478 e. The van der Waals surface area contributed by atoms with Gasteiger partial charge in [-0.05, 0) is 29.7 Å². The molecule has 0 aliphatic carbocycles. The second kappa shape index (κ2) is 10.6. The van der Waals surface area contributed by atoms with Crippen molar-refractivity contribution in [1.82, 2.24) is 9.97 Å². The average molecular weight is 442 g/mol. The molecule has 1 heterocycles. The van der Waals surface area contributed by atoms with Gasteiger partial charge in [-0.3, -0.25) is 0 Å². The Kier molecular flexibility index (Phi) is 7.15. The van der Waals surface area contributed by atoms with Gasteiger partial charge in [-0.1, -0.05) is 84.6 Å². The van der Waals surface area contributed by atoms with Crippen molar-refractivity contribution in [2.45, 2.75) is 17.3 Å². The Morgan fingerprint density at radius 3 is 2.22 bits per heavy atom. The lowest BCUT2D eigenvalue weighted by Crippen LogP contribution is -2.07. The highest BCUT2D eigenvalue weighted by Gasteiger charge is 2.09. The summed E-state index contributed by atoms with van der Waals surface area (Å²) in [6.07, 6.45) is 0.907. The van der Waals surface area contributed by atoms with Gasteiger partial charge in [0.25, 0.3) is 0 Å². The van der Waals surface area contributed by atoms with Crippen molar-refractivity contribution >= 4 is 23.5 Å². The van der Waals surface area contributed by atoms with E-state index in [1.165, 1.54) is 17.3 Å². The molecule has 5 nitrogen and oxygen atoms in total. The van der Waals surface area contributed by atoms with Crippen LogP contribution in [0.1, 0.15) is 21.5 Å². The summed E-state index contributed by atoms with van der Waals surface area (Å²) in [4.78, 5) is 20.5. The van der Waals surface area contributed by atoms with Gasteiger partial charge in [0, 0.05) is 23.9 Å². The zero-order chi connectivity index (χ0) is 22.2. The summed E-state index contributed by atoms with van der Waals surface area (Å²) < 4.78 is 0. The molecule has 0 saturated heterocycles. The summed E-state index contributed by atoms with van der Waals surface area (Å²) in [5, 5.41) is 13.2. The van der Waals surface area contributed by atoms with Gasteiger partial charge in [0.15, 0.2) is 5.16 Å². The van der Waals surface area contributed by atoms with E-state index in [2.05, 4.69) is 17.4 Å². The lowest BCUT2D eigenvalue weighted by molar-refractivity contribution is 0.0697. The van der Waals surface area contributed by atoms with Crippen LogP contribution >= 0.6 is 11.8 Å². The van der Waals surface area contributed by atoms with Crippen LogP contribution in [0.25, 0.3) is 11.3 Å². The first kappa shape index (κ1) is 21.6. The largest absolute Gasteiger partial charge is 0.478 e. The molecule has 0 amide bonds. The van der Waals surface area contributed by atoms with Crippen LogP contribution in [0.5, 0.6) is 0 Å². The van der Waals surface area contributed by atoms with Crippen molar-refractivity contribution in [2.24, 2.45) is 0 Å². The number of carbonyl (C=O) groups is 1. The highest BCUT2D eigenvalue weighted by atomic mass is 32.2. The Bertz CT molecular complexity index is 1170. The standard InChI is InChI=1S/C26H23N3O2S/c30-25(31)22-13-11-20(12-14-22)18-32-26-28-23(21-9-5-2-6-10-21)17-24(29-26)27-16-15-19-7-3-1-4-8-19/h1-14,17H,15-16,18H2,(H,30,31)(H,27,28,29). The number of carboxylic acid groups (broad SMARTS) is 1. The molecule has 3 aromatic carbocycles. The van der Waals surface area contributed by atoms with Gasteiger partial charge in [-0.2, -0.15) is 0 Å². The molecule has 4 aromatic rings. The maximum absolute atomic E-state index is 11.0.